The first-order valence-corrected chi connectivity index (χ1v) is 14.3. The van der Waals surface area contributed by atoms with E-state index in [2.05, 4.69) is 5.32 Å². The SMILES string of the molecule is CC(C)N(CCC(=O)Nc1sc2c(c1-c1nc3cc(C=O)ccc3s1)CCN(C(=O)O)C2)C(=O)OC(C)(C)C. The summed E-state index contributed by atoms with van der Waals surface area (Å²) < 4.78 is 6.40. The van der Waals surface area contributed by atoms with E-state index < -0.39 is 17.8 Å². The van der Waals surface area contributed by atoms with Gasteiger partial charge in [-0.05, 0) is 58.7 Å². The molecule has 3 amide bonds. The van der Waals surface area contributed by atoms with Crippen LogP contribution in [0, 0.1) is 0 Å². The summed E-state index contributed by atoms with van der Waals surface area (Å²) in [7, 11) is 0. The molecule has 3 heterocycles. The zero-order valence-corrected chi connectivity index (χ0v) is 24.2. The lowest BCUT2D eigenvalue weighted by Gasteiger charge is -2.29. The van der Waals surface area contributed by atoms with Crippen LogP contribution in [0.15, 0.2) is 18.2 Å². The van der Waals surface area contributed by atoms with Gasteiger partial charge >= 0.3 is 12.2 Å². The van der Waals surface area contributed by atoms with E-state index in [-0.39, 0.29) is 31.5 Å². The summed E-state index contributed by atoms with van der Waals surface area (Å²) in [5.74, 6) is -0.275. The van der Waals surface area contributed by atoms with E-state index in [1.165, 1.54) is 32.5 Å². The van der Waals surface area contributed by atoms with E-state index in [0.717, 1.165) is 27.0 Å². The smallest absolute Gasteiger partial charge is 0.410 e. The van der Waals surface area contributed by atoms with Crippen LogP contribution in [0.25, 0.3) is 20.8 Å². The van der Waals surface area contributed by atoms with Crippen LogP contribution in [0.3, 0.4) is 0 Å². The number of thiophene rings is 1. The van der Waals surface area contributed by atoms with Crippen molar-refractivity contribution in [1.29, 1.82) is 0 Å². The Balaban J connectivity index is 1.61. The fraction of sp³-hybridized carbons (Fsp3) is 0.444. The third-order valence-electron chi connectivity index (χ3n) is 6.17. The lowest BCUT2D eigenvalue weighted by Crippen LogP contribution is -2.42. The van der Waals surface area contributed by atoms with Crippen molar-refractivity contribution in [2.45, 2.75) is 65.6 Å². The van der Waals surface area contributed by atoms with Crippen molar-refractivity contribution in [2.24, 2.45) is 0 Å². The fourth-order valence-electron chi connectivity index (χ4n) is 4.30. The molecule has 0 bridgehead atoms. The molecule has 208 valence electrons. The number of nitrogens with one attached hydrogen (secondary N) is 1. The van der Waals surface area contributed by atoms with E-state index in [4.69, 9.17) is 9.72 Å². The molecule has 2 aromatic heterocycles. The van der Waals surface area contributed by atoms with E-state index in [0.29, 0.717) is 34.1 Å². The second-order valence-corrected chi connectivity index (χ2v) is 12.7. The van der Waals surface area contributed by atoms with Gasteiger partial charge in [-0.15, -0.1) is 22.7 Å². The van der Waals surface area contributed by atoms with Crippen LogP contribution in [0.2, 0.25) is 0 Å². The van der Waals surface area contributed by atoms with Gasteiger partial charge in [0.1, 0.15) is 21.9 Å². The molecule has 0 atom stereocenters. The number of hydrogen-bond acceptors (Lipinski definition) is 8. The first kappa shape index (κ1) is 28.5. The Labute approximate surface area is 234 Å². The maximum absolute atomic E-state index is 13.1. The number of hydrogen-bond donors (Lipinski definition) is 2. The van der Waals surface area contributed by atoms with Gasteiger partial charge in [-0.25, -0.2) is 14.6 Å². The number of thiazole rings is 1. The van der Waals surface area contributed by atoms with Gasteiger partial charge in [0.2, 0.25) is 5.91 Å². The van der Waals surface area contributed by atoms with Crippen molar-refractivity contribution in [2.75, 3.05) is 18.4 Å². The normalized spacial score (nSPS) is 13.3. The van der Waals surface area contributed by atoms with Gasteiger partial charge < -0.3 is 25.0 Å². The number of anilines is 1. The van der Waals surface area contributed by atoms with E-state index in [1.807, 2.05) is 19.9 Å². The molecule has 1 aliphatic heterocycles. The number of aromatic nitrogens is 1. The van der Waals surface area contributed by atoms with Crippen molar-refractivity contribution in [3.63, 3.8) is 0 Å². The van der Waals surface area contributed by atoms with E-state index in [9.17, 15) is 24.3 Å². The molecule has 12 heteroatoms. The average molecular weight is 573 g/mol. The number of nitrogens with zero attached hydrogens (tertiary/aromatic N) is 3. The number of carbonyl (C=O) groups is 4. The minimum atomic E-state index is -0.988. The Bertz CT molecular complexity index is 1420. The zero-order chi connectivity index (χ0) is 28.5. The standard InChI is InChI=1S/C27H32N4O6S2/c1-15(2)31(26(36)37-27(3,4)5)11-9-21(33)29-24-22(17-8-10-30(25(34)35)13-20(17)39-24)23-28-18-12-16(14-32)6-7-19(18)38-23/h6-7,12,14-15H,8-11,13H2,1-5H3,(H,29,33)(H,34,35). The topological polar surface area (TPSA) is 129 Å². The molecule has 4 rings (SSSR count). The van der Waals surface area contributed by atoms with E-state index in [1.54, 1.807) is 32.9 Å². The Hall–Kier alpha value is -3.51. The third kappa shape index (κ3) is 6.56. The molecule has 0 fully saturated rings. The van der Waals surface area contributed by atoms with Crippen LogP contribution in [-0.2, 0) is 22.5 Å². The number of amides is 3. The Kier molecular flexibility index (Phi) is 8.26. The van der Waals surface area contributed by atoms with Crippen LogP contribution in [0.4, 0.5) is 14.6 Å². The summed E-state index contributed by atoms with van der Waals surface area (Å²) in [6.45, 7) is 9.88. The predicted molar refractivity (Wildman–Crippen MR) is 152 cm³/mol. The number of rotatable bonds is 7. The van der Waals surface area contributed by atoms with Crippen molar-refractivity contribution in [3.8, 4) is 10.6 Å². The fourth-order valence-corrected chi connectivity index (χ4v) is 6.67. The first-order valence-electron chi connectivity index (χ1n) is 12.6. The average Bonchev–Trinajstić information content (AvgIpc) is 3.41. The Morgan fingerprint density at radius 3 is 2.64 bits per heavy atom. The largest absolute Gasteiger partial charge is 0.465 e. The molecular weight excluding hydrogens is 540 g/mol. The van der Waals surface area contributed by atoms with Gasteiger partial charge in [-0.2, -0.15) is 0 Å². The van der Waals surface area contributed by atoms with Gasteiger partial charge in [0.15, 0.2) is 0 Å². The van der Waals surface area contributed by atoms with Gasteiger partial charge in [0, 0.05) is 41.6 Å². The van der Waals surface area contributed by atoms with Gasteiger partial charge in [0.05, 0.1) is 16.8 Å². The van der Waals surface area contributed by atoms with Crippen LogP contribution >= 0.6 is 22.7 Å². The molecule has 2 N–H and O–H groups in total. The van der Waals surface area contributed by atoms with Crippen molar-refractivity contribution in [1.82, 2.24) is 14.8 Å². The quantitative estimate of drug-likeness (QED) is 0.340. The second-order valence-electron chi connectivity index (χ2n) is 10.6. The second kappa shape index (κ2) is 11.3. The lowest BCUT2D eigenvalue weighted by atomic mass is 10.0. The number of benzene rings is 1. The van der Waals surface area contributed by atoms with Crippen LogP contribution < -0.4 is 5.32 Å². The summed E-state index contributed by atoms with van der Waals surface area (Å²) in [6.07, 6.45) is -0.134. The van der Waals surface area contributed by atoms with Crippen molar-refractivity contribution in [3.05, 3.63) is 34.2 Å². The van der Waals surface area contributed by atoms with Gasteiger partial charge in [-0.1, -0.05) is 6.07 Å². The number of aldehydes is 1. The van der Waals surface area contributed by atoms with Crippen LogP contribution in [0.5, 0.6) is 0 Å². The van der Waals surface area contributed by atoms with Crippen LogP contribution in [0.1, 0.15) is 61.8 Å². The summed E-state index contributed by atoms with van der Waals surface area (Å²) in [5.41, 5.74) is 2.32. The molecular formula is C27H32N4O6S2. The highest BCUT2D eigenvalue weighted by atomic mass is 32.1. The summed E-state index contributed by atoms with van der Waals surface area (Å²) in [6, 6.07) is 5.15. The van der Waals surface area contributed by atoms with Gasteiger partial charge in [-0.3, -0.25) is 9.59 Å². The minimum Gasteiger partial charge on any atom is -0.465 e. The highest BCUT2D eigenvalue weighted by Gasteiger charge is 2.30. The highest BCUT2D eigenvalue weighted by molar-refractivity contribution is 7.23. The van der Waals surface area contributed by atoms with Crippen molar-refractivity contribution < 1.29 is 29.0 Å². The number of fused-ring (bicyclic) bond motifs is 2. The summed E-state index contributed by atoms with van der Waals surface area (Å²) in [4.78, 5) is 57.1. The predicted octanol–water partition coefficient (Wildman–Crippen LogP) is 5.85. The maximum Gasteiger partial charge on any atom is 0.410 e. The molecule has 1 aromatic carbocycles. The summed E-state index contributed by atoms with van der Waals surface area (Å²) in [5, 5.41) is 13.8. The molecule has 0 saturated heterocycles. The van der Waals surface area contributed by atoms with Crippen LogP contribution in [-0.4, -0.2) is 69.0 Å². The molecule has 39 heavy (non-hydrogen) atoms. The molecule has 10 nitrogen and oxygen atoms in total. The first-order chi connectivity index (χ1) is 18.4. The molecule has 0 aliphatic carbocycles. The monoisotopic (exact) mass is 572 g/mol. The maximum atomic E-state index is 13.1. The molecule has 0 saturated carbocycles. The Morgan fingerprint density at radius 2 is 2.00 bits per heavy atom. The molecule has 0 radical (unpaired) electrons. The van der Waals surface area contributed by atoms with Crippen molar-refractivity contribution >= 4 is 62.3 Å². The minimum absolute atomic E-state index is 0.0587. The zero-order valence-electron chi connectivity index (χ0n) is 22.6. The molecule has 0 spiro atoms. The lowest BCUT2D eigenvalue weighted by molar-refractivity contribution is -0.116. The number of carboxylic acid groups (broad SMARTS) is 1. The third-order valence-corrected chi connectivity index (χ3v) is 8.36. The molecule has 1 aliphatic rings. The molecule has 0 unspecified atom stereocenters. The van der Waals surface area contributed by atoms with E-state index >= 15 is 0 Å². The summed E-state index contributed by atoms with van der Waals surface area (Å²) >= 11 is 2.80. The number of carbonyl (C=O) groups excluding carboxylic acids is 3. The van der Waals surface area contributed by atoms with Gasteiger partial charge in [0.25, 0.3) is 0 Å². The number of ether oxygens (including phenoxy) is 1. The Morgan fingerprint density at radius 1 is 1.26 bits per heavy atom. The molecule has 3 aromatic rings. The highest BCUT2D eigenvalue weighted by Crippen LogP contribution is 2.45.